The van der Waals surface area contributed by atoms with Gasteiger partial charge < -0.3 is 23.8 Å². The van der Waals surface area contributed by atoms with Gasteiger partial charge in [0.1, 0.15) is 17.2 Å². The SMILES string of the molecule is CCOCCN1Cc2cc(Oc3ccc(OC4(CCOC)C(=O)NC(=O)NC4=O)cc3)ccc2C1=O. The molecule has 0 atom stereocenters. The third kappa shape index (κ3) is 5.16. The summed E-state index contributed by atoms with van der Waals surface area (Å²) in [5.41, 5.74) is -0.434. The van der Waals surface area contributed by atoms with Gasteiger partial charge in [0.25, 0.3) is 23.3 Å². The number of imide groups is 2. The van der Waals surface area contributed by atoms with Crippen LogP contribution in [0.25, 0.3) is 0 Å². The number of carbonyl (C=O) groups excluding carboxylic acids is 4. The van der Waals surface area contributed by atoms with Gasteiger partial charge in [-0.3, -0.25) is 25.0 Å². The molecule has 11 heteroatoms. The summed E-state index contributed by atoms with van der Waals surface area (Å²) in [6.45, 7) is 4.07. The number of urea groups is 1. The van der Waals surface area contributed by atoms with E-state index in [0.717, 1.165) is 5.56 Å². The predicted octanol–water partition coefficient (Wildman–Crippen LogP) is 1.99. The topological polar surface area (TPSA) is 132 Å². The average Bonchev–Trinajstić information content (AvgIpc) is 3.16. The lowest BCUT2D eigenvalue weighted by molar-refractivity contribution is -0.153. The number of nitrogens with zero attached hydrogens (tertiary/aromatic N) is 1. The molecule has 0 spiro atoms. The monoisotopic (exact) mass is 497 g/mol. The van der Waals surface area contributed by atoms with E-state index in [4.69, 9.17) is 18.9 Å². The van der Waals surface area contributed by atoms with Gasteiger partial charge in [-0.05, 0) is 55.0 Å². The number of carbonyl (C=O) groups is 4. The van der Waals surface area contributed by atoms with Crippen LogP contribution in [-0.2, 0) is 25.6 Å². The van der Waals surface area contributed by atoms with E-state index in [-0.39, 0.29) is 24.7 Å². The molecular weight excluding hydrogens is 470 g/mol. The largest absolute Gasteiger partial charge is 0.467 e. The van der Waals surface area contributed by atoms with Gasteiger partial charge >= 0.3 is 6.03 Å². The summed E-state index contributed by atoms with van der Waals surface area (Å²) in [4.78, 5) is 50.8. The molecule has 0 aliphatic carbocycles. The summed E-state index contributed by atoms with van der Waals surface area (Å²) in [7, 11) is 1.43. The van der Waals surface area contributed by atoms with Crippen LogP contribution in [0.15, 0.2) is 42.5 Å². The van der Waals surface area contributed by atoms with E-state index in [2.05, 4.69) is 10.6 Å². The Kier molecular flexibility index (Phi) is 7.51. The van der Waals surface area contributed by atoms with E-state index in [9.17, 15) is 19.2 Å². The van der Waals surface area contributed by atoms with Crippen LogP contribution in [0.2, 0.25) is 0 Å². The molecule has 2 aliphatic heterocycles. The third-order valence-corrected chi connectivity index (χ3v) is 5.86. The molecule has 2 aromatic carbocycles. The van der Waals surface area contributed by atoms with E-state index in [1.807, 2.05) is 13.0 Å². The highest BCUT2D eigenvalue weighted by molar-refractivity contribution is 6.21. The highest BCUT2D eigenvalue weighted by Crippen LogP contribution is 2.31. The fraction of sp³-hybridized carbons (Fsp3) is 0.360. The van der Waals surface area contributed by atoms with Crippen LogP contribution in [0.1, 0.15) is 29.3 Å². The van der Waals surface area contributed by atoms with Crippen LogP contribution in [0.3, 0.4) is 0 Å². The molecule has 0 aromatic heterocycles. The fourth-order valence-electron chi connectivity index (χ4n) is 3.99. The number of barbiturate groups is 1. The minimum atomic E-state index is -1.95. The number of methoxy groups -OCH3 is 1. The van der Waals surface area contributed by atoms with Crippen molar-refractivity contribution in [3.05, 3.63) is 53.6 Å². The molecule has 1 saturated heterocycles. The lowest BCUT2D eigenvalue weighted by Gasteiger charge is -2.34. The van der Waals surface area contributed by atoms with E-state index >= 15 is 0 Å². The Morgan fingerprint density at radius 2 is 1.58 bits per heavy atom. The number of fused-ring (bicyclic) bond motifs is 1. The summed E-state index contributed by atoms with van der Waals surface area (Å²) in [5, 5.41) is 4.13. The first-order valence-corrected chi connectivity index (χ1v) is 11.5. The van der Waals surface area contributed by atoms with Crippen molar-refractivity contribution in [3.63, 3.8) is 0 Å². The van der Waals surface area contributed by atoms with Gasteiger partial charge in [-0.25, -0.2) is 4.79 Å². The van der Waals surface area contributed by atoms with Gasteiger partial charge in [-0.2, -0.15) is 0 Å². The molecule has 2 aromatic rings. The number of benzene rings is 2. The smallest absolute Gasteiger partial charge is 0.328 e. The highest BCUT2D eigenvalue weighted by atomic mass is 16.5. The first-order chi connectivity index (χ1) is 17.4. The summed E-state index contributed by atoms with van der Waals surface area (Å²) in [6.07, 6.45) is -0.0951. The molecule has 0 radical (unpaired) electrons. The third-order valence-electron chi connectivity index (χ3n) is 5.86. The van der Waals surface area contributed by atoms with Gasteiger partial charge in [0, 0.05) is 38.8 Å². The lowest BCUT2D eigenvalue weighted by atomic mass is 9.95. The van der Waals surface area contributed by atoms with Gasteiger partial charge in [-0.1, -0.05) is 0 Å². The summed E-state index contributed by atoms with van der Waals surface area (Å²) in [5.74, 6) is -0.491. The molecule has 2 N–H and O–H groups in total. The Labute approximate surface area is 207 Å². The van der Waals surface area contributed by atoms with E-state index in [1.54, 1.807) is 41.3 Å². The van der Waals surface area contributed by atoms with Crippen molar-refractivity contribution in [1.29, 1.82) is 0 Å². The van der Waals surface area contributed by atoms with E-state index in [1.165, 1.54) is 7.11 Å². The van der Waals surface area contributed by atoms with Crippen LogP contribution < -0.4 is 20.1 Å². The normalized spacial score (nSPS) is 16.4. The van der Waals surface area contributed by atoms with Crippen molar-refractivity contribution in [1.82, 2.24) is 15.5 Å². The summed E-state index contributed by atoms with van der Waals surface area (Å²) in [6, 6.07) is 10.7. The van der Waals surface area contributed by atoms with Crippen LogP contribution in [0.4, 0.5) is 4.79 Å². The van der Waals surface area contributed by atoms with E-state index < -0.39 is 23.4 Å². The molecule has 0 unspecified atom stereocenters. The van der Waals surface area contributed by atoms with Crippen LogP contribution in [-0.4, -0.2) is 67.7 Å². The molecule has 190 valence electrons. The minimum absolute atomic E-state index is 0.0300. The molecule has 1 fully saturated rings. The number of hydrogen-bond acceptors (Lipinski definition) is 8. The number of nitrogens with one attached hydrogen (secondary N) is 2. The molecule has 2 heterocycles. The maximum Gasteiger partial charge on any atom is 0.328 e. The number of hydrogen-bond donors (Lipinski definition) is 2. The van der Waals surface area contributed by atoms with Crippen LogP contribution in [0.5, 0.6) is 17.2 Å². The standard InChI is InChI=1S/C25H27N3O8/c1-3-34-13-11-28-15-16-14-19(8-9-20(16)21(28)29)35-17-4-6-18(7-5-17)36-25(10-12-33-2)22(30)26-24(32)27-23(25)31/h4-9,14H,3,10-13,15H2,1-2H3,(H2,26,27,30,31,32). The highest BCUT2D eigenvalue weighted by Gasteiger charge is 2.52. The van der Waals surface area contributed by atoms with Gasteiger partial charge in [0.2, 0.25) is 0 Å². The number of amides is 5. The van der Waals surface area contributed by atoms with Crippen molar-refractivity contribution in [3.8, 4) is 17.2 Å². The molecule has 36 heavy (non-hydrogen) atoms. The zero-order chi connectivity index (χ0) is 25.7. The first-order valence-electron chi connectivity index (χ1n) is 11.5. The molecule has 0 saturated carbocycles. The Bertz CT molecular complexity index is 1140. The Morgan fingerprint density at radius 1 is 0.917 bits per heavy atom. The summed E-state index contributed by atoms with van der Waals surface area (Å²) >= 11 is 0. The maximum atomic E-state index is 12.5. The molecule has 2 aliphatic rings. The molecule has 11 nitrogen and oxygen atoms in total. The zero-order valence-corrected chi connectivity index (χ0v) is 20.0. The van der Waals surface area contributed by atoms with Gasteiger partial charge in [-0.15, -0.1) is 0 Å². The maximum absolute atomic E-state index is 12.5. The second kappa shape index (κ2) is 10.8. The van der Waals surface area contributed by atoms with E-state index in [0.29, 0.717) is 43.4 Å². The van der Waals surface area contributed by atoms with Crippen LogP contribution in [0, 0.1) is 0 Å². The number of ether oxygens (including phenoxy) is 4. The fourth-order valence-corrected chi connectivity index (χ4v) is 3.99. The second-order valence-corrected chi connectivity index (χ2v) is 8.23. The van der Waals surface area contributed by atoms with Crippen molar-refractivity contribution in [2.24, 2.45) is 0 Å². The lowest BCUT2D eigenvalue weighted by Crippen LogP contribution is -2.69. The minimum Gasteiger partial charge on any atom is -0.467 e. The second-order valence-electron chi connectivity index (χ2n) is 8.23. The molecule has 5 amide bonds. The van der Waals surface area contributed by atoms with Crippen molar-refractivity contribution in [2.75, 3.05) is 33.5 Å². The Hall–Kier alpha value is -3.96. The Morgan fingerprint density at radius 3 is 2.25 bits per heavy atom. The molecule has 4 rings (SSSR count). The quantitative estimate of drug-likeness (QED) is 0.356. The van der Waals surface area contributed by atoms with Crippen molar-refractivity contribution < 1.29 is 38.1 Å². The van der Waals surface area contributed by atoms with Crippen molar-refractivity contribution >= 4 is 23.8 Å². The van der Waals surface area contributed by atoms with Gasteiger partial charge in [0.15, 0.2) is 0 Å². The number of rotatable bonds is 11. The Balaban J connectivity index is 1.44. The molecular formula is C25H27N3O8. The first kappa shape index (κ1) is 25.1. The predicted molar refractivity (Wildman–Crippen MR) is 126 cm³/mol. The average molecular weight is 498 g/mol. The summed E-state index contributed by atoms with van der Waals surface area (Å²) < 4.78 is 22.1. The van der Waals surface area contributed by atoms with Gasteiger partial charge in [0.05, 0.1) is 13.2 Å². The van der Waals surface area contributed by atoms with Crippen LogP contribution >= 0.6 is 0 Å². The molecule has 0 bridgehead atoms. The zero-order valence-electron chi connectivity index (χ0n) is 20.0. The van der Waals surface area contributed by atoms with Crippen molar-refractivity contribution in [2.45, 2.75) is 25.5 Å².